The highest BCUT2D eigenvalue weighted by Crippen LogP contribution is 2.11. The second-order valence-corrected chi connectivity index (χ2v) is 3.76. The van der Waals surface area contributed by atoms with Gasteiger partial charge in [-0.15, -0.1) is 11.7 Å². The summed E-state index contributed by atoms with van der Waals surface area (Å²) in [6.45, 7) is 9.20. The van der Waals surface area contributed by atoms with E-state index in [1.807, 2.05) is 10.8 Å². The molecule has 0 bridgehead atoms. The molecule has 0 radical (unpaired) electrons. The van der Waals surface area contributed by atoms with E-state index in [4.69, 9.17) is 5.73 Å². The Kier molecular flexibility index (Phi) is 3.83. The highest BCUT2D eigenvalue weighted by Gasteiger charge is 2.11. The Morgan fingerprint density at radius 2 is 2.29 bits per heavy atom. The van der Waals surface area contributed by atoms with Crippen LogP contribution in [-0.4, -0.2) is 15.0 Å². The Labute approximate surface area is 84.8 Å². The Balaban J connectivity index is 2.93. The minimum Gasteiger partial charge on any atom is -0.325 e. The summed E-state index contributed by atoms with van der Waals surface area (Å²) in [5.74, 6) is 0.586. The number of rotatable bonds is 5. The summed E-state index contributed by atoms with van der Waals surface area (Å²) in [6.07, 6.45) is 2.78. The van der Waals surface area contributed by atoms with E-state index in [1.54, 1.807) is 0 Å². The van der Waals surface area contributed by atoms with E-state index >= 15 is 0 Å². The zero-order valence-electron chi connectivity index (χ0n) is 8.90. The quantitative estimate of drug-likeness (QED) is 0.715. The summed E-state index contributed by atoms with van der Waals surface area (Å²) in [7, 11) is 0. The smallest absolute Gasteiger partial charge is 0.0994 e. The normalized spacial score (nSPS) is 10.9. The first-order valence-electron chi connectivity index (χ1n) is 4.91. The number of nitrogens with two attached hydrogens (primary N) is 1. The van der Waals surface area contributed by atoms with Crippen LogP contribution in [0, 0.1) is 5.92 Å². The van der Waals surface area contributed by atoms with Crippen LogP contribution in [0.2, 0.25) is 0 Å². The van der Waals surface area contributed by atoms with Gasteiger partial charge in [0.05, 0.1) is 17.9 Å². The maximum Gasteiger partial charge on any atom is 0.0994 e. The van der Waals surface area contributed by atoms with Crippen molar-refractivity contribution in [2.75, 3.05) is 0 Å². The summed E-state index contributed by atoms with van der Waals surface area (Å²) < 4.78 is 1.87. The van der Waals surface area contributed by atoms with Crippen molar-refractivity contribution >= 4 is 0 Å². The predicted molar refractivity (Wildman–Crippen MR) is 56.7 cm³/mol. The first-order valence-corrected chi connectivity index (χ1v) is 4.91. The van der Waals surface area contributed by atoms with Crippen LogP contribution in [-0.2, 0) is 19.5 Å². The minimum absolute atomic E-state index is 0.458. The number of hydrogen-bond donors (Lipinski definition) is 1. The lowest BCUT2D eigenvalue weighted by Gasteiger charge is -2.07. The molecule has 14 heavy (non-hydrogen) atoms. The average Bonchev–Trinajstić information content (AvgIpc) is 2.48. The highest BCUT2D eigenvalue weighted by molar-refractivity contribution is 5.11. The van der Waals surface area contributed by atoms with Gasteiger partial charge in [0.25, 0.3) is 0 Å². The third-order valence-electron chi connectivity index (χ3n) is 2.02. The Morgan fingerprint density at radius 1 is 1.57 bits per heavy atom. The van der Waals surface area contributed by atoms with E-state index in [9.17, 15) is 0 Å². The molecule has 0 unspecified atom stereocenters. The maximum atomic E-state index is 5.59. The molecule has 0 aliphatic heterocycles. The lowest BCUT2D eigenvalue weighted by molar-refractivity contribution is 0.568. The first kappa shape index (κ1) is 10.9. The molecule has 0 aromatic carbocycles. The number of allylic oxidation sites excluding steroid dienone is 1. The van der Waals surface area contributed by atoms with Crippen molar-refractivity contribution in [2.24, 2.45) is 11.7 Å². The molecule has 1 heterocycles. The molecule has 1 rings (SSSR count). The fraction of sp³-hybridized carbons (Fsp3) is 0.600. The summed E-state index contributed by atoms with van der Waals surface area (Å²) >= 11 is 0. The van der Waals surface area contributed by atoms with Gasteiger partial charge in [-0.1, -0.05) is 25.1 Å². The molecule has 0 saturated heterocycles. The fourth-order valence-electron chi connectivity index (χ4n) is 1.41. The molecular formula is C10H18N4. The molecule has 0 spiro atoms. The van der Waals surface area contributed by atoms with Crippen molar-refractivity contribution in [3.63, 3.8) is 0 Å². The van der Waals surface area contributed by atoms with Crippen LogP contribution in [0.4, 0.5) is 0 Å². The van der Waals surface area contributed by atoms with Gasteiger partial charge in [-0.05, 0) is 12.3 Å². The van der Waals surface area contributed by atoms with E-state index in [1.165, 1.54) is 0 Å². The zero-order valence-corrected chi connectivity index (χ0v) is 8.90. The van der Waals surface area contributed by atoms with Crippen molar-refractivity contribution in [1.29, 1.82) is 0 Å². The molecular weight excluding hydrogens is 176 g/mol. The molecule has 78 valence electrons. The van der Waals surface area contributed by atoms with E-state index < -0.39 is 0 Å². The van der Waals surface area contributed by atoms with E-state index in [0.717, 1.165) is 17.8 Å². The number of nitrogens with zero attached hydrogens (tertiary/aromatic N) is 3. The van der Waals surface area contributed by atoms with Gasteiger partial charge in [0.1, 0.15) is 0 Å². The SMILES string of the molecule is C=CCn1nnc(CN)c1CC(C)C. The largest absolute Gasteiger partial charge is 0.325 e. The molecule has 0 atom stereocenters. The average molecular weight is 194 g/mol. The molecule has 1 aromatic rings. The molecule has 1 aromatic heterocycles. The van der Waals surface area contributed by atoms with Crippen molar-refractivity contribution < 1.29 is 0 Å². The molecule has 0 fully saturated rings. The van der Waals surface area contributed by atoms with Crippen molar-refractivity contribution in [3.05, 3.63) is 24.0 Å². The van der Waals surface area contributed by atoms with Gasteiger partial charge < -0.3 is 5.73 Å². The van der Waals surface area contributed by atoms with Crippen LogP contribution in [0.3, 0.4) is 0 Å². The molecule has 0 saturated carbocycles. The summed E-state index contributed by atoms with van der Waals surface area (Å²) in [6, 6.07) is 0. The summed E-state index contributed by atoms with van der Waals surface area (Å²) in [5, 5.41) is 8.09. The molecule has 0 amide bonds. The molecule has 2 N–H and O–H groups in total. The lowest BCUT2D eigenvalue weighted by atomic mass is 10.1. The van der Waals surface area contributed by atoms with Gasteiger partial charge in [-0.2, -0.15) is 0 Å². The van der Waals surface area contributed by atoms with E-state index in [-0.39, 0.29) is 0 Å². The second kappa shape index (κ2) is 4.91. The third kappa shape index (κ3) is 2.42. The minimum atomic E-state index is 0.458. The second-order valence-electron chi connectivity index (χ2n) is 3.76. The summed E-state index contributed by atoms with van der Waals surface area (Å²) in [5.41, 5.74) is 7.64. The Morgan fingerprint density at radius 3 is 2.79 bits per heavy atom. The van der Waals surface area contributed by atoms with E-state index in [2.05, 4.69) is 30.7 Å². The number of hydrogen-bond acceptors (Lipinski definition) is 3. The molecule has 4 nitrogen and oxygen atoms in total. The maximum absolute atomic E-state index is 5.59. The zero-order chi connectivity index (χ0) is 10.6. The van der Waals surface area contributed by atoms with Gasteiger partial charge in [0.15, 0.2) is 0 Å². The molecule has 0 aliphatic carbocycles. The standard InChI is InChI=1S/C10H18N4/c1-4-5-14-10(6-8(2)3)9(7-11)12-13-14/h4,8H,1,5-7,11H2,2-3H3. The van der Waals surface area contributed by atoms with Crippen molar-refractivity contribution in [1.82, 2.24) is 15.0 Å². The van der Waals surface area contributed by atoms with Crippen LogP contribution in [0.15, 0.2) is 12.7 Å². The lowest BCUT2D eigenvalue weighted by Crippen LogP contribution is -2.09. The highest BCUT2D eigenvalue weighted by atomic mass is 15.4. The molecule has 4 heteroatoms. The van der Waals surface area contributed by atoms with Crippen LogP contribution >= 0.6 is 0 Å². The topological polar surface area (TPSA) is 56.7 Å². The number of aromatic nitrogens is 3. The van der Waals surface area contributed by atoms with Crippen molar-refractivity contribution in [3.8, 4) is 0 Å². The van der Waals surface area contributed by atoms with Gasteiger partial charge in [0.2, 0.25) is 0 Å². The van der Waals surface area contributed by atoms with Gasteiger partial charge in [-0.25, -0.2) is 4.68 Å². The van der Waals surface area contributed by atoms with Crippen LogP contribution in [0.1, 0.15) is 25.2 Å². The Hall–Kier alpha value is -1.16. The molecule has 0 aliphatic rings. The first-order chi connectivity index (χ1) is 6.69. The summed E-state index contributed by atoms with van der Waals surface area (Å²) in [4.78, 5) is 0. The van der Waals surface area contributed by atoms with Crippen LogP contribution in [0.25, 0.3) is 0 Å². The van der Waals surface area contributed by atoms with Crippen LogP contribution in [0.5, 0.6) is 0 Å². The van der Waals surface area contributed by atoms with Gasteiger partial charge >= 0.3 is 0 Å². The third-order valence-corrected chi connectivity index (χ3v) is 2.02. The van der Waals surface area contributed by atoms with Crippen LogP contribution < -0.4 is 5.73 Å². The monoisotopic (exact) mass is 194 g/mol. The van der Waals surface area contributed by atoms with Gasteiger partial charge in [0, 0.05) is 6.54 Å². The predicted octanol–water partition coefficient (Wildman–Crippen LogP) is 1.12. The van der Waals surface area contributed by atoms with Crippen molar-refractivity contribution in [2.45, 2.75) is 33.4 Å². The Bertz CT molecular complexity index is 301. The van der Waals surface area contributed by atoms with Gasteiger partial charge in [-0.3, -0.25) is 0 Å². The fourth-order valence-corrected chi connectivity index (χ4v) is 1.41. The van der Waals surface area contributed by atoms with E-state index in [0.29, 0.717) is 19.0 Å².